The summed E-state index contributed by atoms with van der Waals surface area (Å²) in [5.74, 6) is 0.953. The van der Waals surface area contributed by atoms with Gasteiger partial charge in [-0.05, 0) is 19.8 Å². The minimum Gasteiger partial charge on any atom is -0.300 e. The van der Waals surface area contributed by atoms with Crippen molar-refractivity contribution in [2.45, 2.75) is 26.2 Å². The van der Waals surface area contributed by atoms with E-state index in [1.54, 1.807) is 13.2 Å². The molecule has 0 heterocycles. The maximum absolute atomic E-state index is 10.5. The second-order valence-electron chi connectivity index (χ2n) is 2.44. The Hall–Kier alpha value is -0.180. The summed E-state index contributed by atoms with van der Waals surface area (Å²) >= 11 is 0. The van der Waals surface area contributed by atoms with Crippen LogP contribution in [0, 0.1) is 0 Å². The van der Waals surface area contributed by atoms with E-state index in [1.165, 1.54) is 0 Å². The second-order valence-corrected chi connectivity index (χ2v) is 3.99. The van der Waals surface area contributed by atoms with Crippen LogP contribution in [-0.4, -0.2) is 22.0 Å². The molecule has 0 saturated heterocycles. The SMILES string of the molecule is CC(=O)CCCCS(C)=O. The van der Waals surface area contributed by atoms with E-state index in [4.69, 9.17) is 0 Å². The topological polar surface area (TPSA) is 34.1 Å². The predicted molar refractivity (Wildman–Crippen MR) is 43.5 cm³/mol. The molecule has 2 nitrogen and oxygen atoms in total. The summed E-state index contributed by atoms with van der Waals surface area (Å²) in [6.07, 6.45) is 4.11. The third kappa shape index (κ3) is 7.82. The van der Waals surface area contributed by atoms with Crippen LogP contribution in [0.3, 0.4) is 0 Å². The van der Waals surface area contributed by atoms with Crippen LogP contribution in [0.5, 0.6) is 0 Å². The molecule has 10 heavy (non-hydrogen) atoms. The van der Waals surface area contributed by atoms with Crippen molar-refractivity contribution in [3.63, 3.8) is 0 Å². The van der Waals surface area contributed by atoms with Gasteiger partial charge in [-0.25, -0.2) is 0 Å². The van der Waals surface area contributed by atoms with E-state index < -0.39 is 10.8 Å². The Kier molecular flexibility index (Phi) is 5.49. The molecule has 0 aromatic carbocycles. The van der Waals surface area contributed by atoms with E-state index in [2.05, 4.69) is 0 Å². The summed E-state index contributed by atoms with van der Waals surface area (Å²) in [6, 6.07) is 0. The Labute approximate surface area is 64.5 Å². The van der Waals surface area contributed by atoms with E-state index in [0.29, 0.717) is 6.42 Å². The number of hydrogen-bond acceptors (Lipinski definition) is 2. The fourth-order valence-corrected chi connectivity index (χ4v) is 1.29. The number of hydrogen-bond donors (Lipinski definition) is 0. The minimum absolute atomic E-state index is 0.224. The molecule has 0 bridgehead atoms. The largest absolute Gasteiger partial charge is 0.300 e. The first-order valence-corrected chi connectivity index (χ1v) is 5.15. The summed E-state index contributed by atoms with van der Waals surface area (Å²) in [5, 5.41) is 0. The first kappa shape index (κ1) is 9.82. The lowest BCUT2D eigenvalue weighted by Gasteiger charge is -1.94. The smallest absolute Gasteiger partial charge is 0.129 e. The third-order valence-electron chi connectivity index (χ3n) is 1.21. The quantitative estimate of drug-likeness (QED) is 0.568. The fourth-order valence-electron chi connectivity index (χ4n) is 0.679. The molecule has 0 aliphatic rings. The van der Waals surface area contributed by atoms with Gasteiger partial charge in [-0.3, -0.25) is 4.21 Å². The summed E-state index contributed by atoms with van der Waals surface area (Å²) in [7, 11) is -0.692. The Morgan fingerprint density at radius 2 is 2.00 bits per heavy atom. The van der Waals surface area contributed by atoms with Crippen LogP contribution in [0.1, 0.15) is 26.2 Å². The van der Waals surface area contributed by atoms with Crippen LogP contribution in [0.25, 0.3) is 0 Å². The lowest BCUT2D eigenvalue weighted by Crippen LogP contribution is -1.96. The van der Waals surface area contributed by atoms with E-state index in [0.717, 1.165) is 18.6 Å². The normalized spacial score (nSPS) is 13.0. The standard InChI is InChI=1S/C7H14O2S/c1-7(8)5-3-4-6-10(2)9/h3-6H2,1-2H3. The maximum atomic E-state index is 10.5. The van der Waals surface area contributed by atoms with Gasteiger partial charge >= 0.3 is 0 Å². The molecule has 0 saturated carbocycles. The van der Waals surface area contributed by atoms with Crippen LogP contribution in [0.2, 0.25) is 0 Å². The molecule has 0 aromatic rings. The average Bonchev–Trinajstić information content (AvgIpc) is 1.79. The summed E-state index contributed by atoms with van der Waals surface area (Å²) in [5.41, 5.74) is 0. The molecule has 0 aromatic heterocycles. The van der Waals surface area contributed by atoms with Gasteiger partial charge in [0.2, 0.25) is 0 Å². The van der Waals surface area contributed by atoms with Crippen molar-refractivity contribution in [1.29, 1.82) is 0 Å². The van der Waals surface area contributed by atoms with Gasteiger partial charge in [0, 0.05) is 29.2 Å². The summed E-state index contributed by atoms with van der Waals surface area (Å²) in [6.45, 7) is 1.59. The Morgan fingerprint density at radius 1 is 1.40 bits per heavy atom. The molecule has 3 heteroatoms. The first-order chi connectivity index (χ1) is 4.63. The van der Waals surface area contributed by atoms with E-state index in [-0.39, 0.29) is 5.78 Å². The number of rotatable bonds is 5. The summed E-state index contributed by atoms with van der Waals surface area (Å²) in [4.78, 5) is 10.4. The van der Waals surface area contributed by atoms with Crippen molar-refractivity contribution in [3.05, 3.63) is 0 Å². The number of unbranched alkanes of at least 4 members (excludes halogenated alkanes) is 1. The Balaban J connectivity index is 3.06. The zero-order valence-electron chi connectivity index (χ0n) is 6.55. The van der Waals surface area contributed by atoms with Crippen molar-refractivity contribution >= 4 is 16.6 Å². The van der Waals surface area contributed by atoms with Crippen molar-refractivity contribution in [2.75, 3.05) is 12.0 Å². The minimum atomic E-state index is -0.692. The van der Waals surface area contributed by atoms with Gasteiger partial charge in [0.25, 0.3) is 0 Å². The van der Waals surface area contributed by atoms with Crippen LogP contribution in [0.4, 0.5) is 0 Å². The van der Waals surface area contributed by atoms with Crippen molar-refractivity contribution < 1.29 is 9.00 Å². The van der Waals surface area contributed by atoms with Crippen LogP contribution in [-0.2, 0) is 15.6 Å². The molecule has 0 rings (SSSR count). The van der Waals surface area contributed by atoms with Gasteiger partial charge in [0.05, 0.1) is 0 Å². The lowest BCUT2D eigenvalue weighted by atomic mass is 10.2. The van der Waals surface area contributed by atoms with Crippen LogP contribution in [0.15, 0.2) is 0 Å². The molecule has 0 N–H and O–H groups in total. The number of ketones is 1. The van der Waals surface area contributed by atoms with Gasteiger partial charge in [-0.2, -0.15) is 0 Å². The summed E-state index contributed by atoms with van der Waals surface area (Å²) < 4.78 is 10.5. The molecule has 0 aliphatic heterocycles. The van der Waals surface area contributed by atoms with Gasteiger partial charge < -0.3 is 4.79 Å². The first-order valence-electron chi connectivity index (χ1n) is 3.42. The molecule has 0 spiro atoms. The second kappa shape index (κ2) is 5.59. The van der Waals surface area contributed by atoms with Gasteiger partial charge in [0.1, 0.15) is 5.78 Å². The number of Topliss-reactive ketones (excluding diaryl/α,β-unsaturated/α-hetero) is 1. The molecule has 1 unspecified atom stereocenters. The lowest BCUT2D eigenvalue weighted by molar-refractivity contribution is -0.117. The molecular weight excluding hydrogens is 148 g/mol. The van der Waals surface area contributed by atoms with E-state index in [1.807, 2.05) is 0 Å². The molecule has 0 amide bonds. The van der Waals surface area contributed by atoms with E-state index in [9.17, 15) is 9.00 Å². The zero-order chi connectivity index (χ0) is 7.98. The Bertz CT molecular complexity index is 116. The molecule has 60 valence electrons. The zero-order valence-corrected chi connectivity index (χ0v) is 7.37. The molecule has 0 fully saturated rings. The van der Waals surface area contributed by atoms with Gasteiger partial charge in [-0.15, -0.1) is 0 Å². The van der Waals surface area contributed by atoms with E-state index >= 15 is 0 Å². The molecule has 1 atom stereocenters. The van der Waals surface area contributed by atoms with Crippen LogP contribution < -0.4 is 0 Å². The molecule has 0 radical (unpaired) electrons. The number of carbonyl (C=O) groups excluding carboxylic acids is 1. The number of carbonyl (C=O) groups is 1. The Morgan fingerprint density at radius 3 is 2.40 bits per heavy atom. The van der Waals surface area contributed by atoms with Crippen LogP contribution >= 0.6 is 0 Å². The molecule has 0 aliphatic carbocycles. The monoisotopic (exact) mass is 162 g/mol. The highest BCUT2D eigenvalue weighted by molar-refractivity contribution is 7.84. The van der Waals surface area contributed by atoms with Crippen molar-refractivity contribution in [2.24, 2.45) is 0 Å². The highest BCUT2D eigenvalue weighted by atomic mass is 32.2. The fraction of sp³-hybridized carbons (Fsp3) is 0.857. The van der Waals surface area contributed by atoms with Gasteiger partial charge in [0.15, 0.2) is 0 Å². The van der Waals surface area contributed by atoms with Gasteiger partial charge in [-0.1, -0.05) is 0 Å². The highest BCUT2D eigenvalue weighted by Gasteiger charge is 1.94. The third-order valence-corrected chi connectivity index (χ3v) is 2.07. The molecular formula is C7H14O2S. The maximum Gasteiger partial charge on any atom is 0.129 e. The van der Waals surface area contributed by atoms with Crippen molar-refractivity contribution in [3.8, 4) is 0 Å². The van der Waals surface area contributed by atoms with Crippen molar-refractivity contribution in [1.82, 2.24) is 0 Å². The highest BCUT2D eigenvalue weighted by Crippen LogP contribution is 1.96. The average molecular weight is 162 g/mol. The predicted octanol–water partition coefficient (Wildman–Crippen LogP) is 1.12.